The van der Waals surface area contributed by atoms with Gasteiger partial charge in [-0.05, 0) is 29.8 Å². The number of amides is 2. The Bertz CT molecular complexity index is 948. The molecule has 2 aliphatic rings. The number of fused-ring (bicyclic) bond motifs is 1. The van der Waals surface area contributed by atoms with Crippen molar-refractivity contribution >= 4 is 17.5 Å². The SMILES string of the molecule is O=C(CCC(=O)N1CCOc2ccccc21)NCC(c1cccc(F)c1)N1CCOCC1. The van der Waals surface area contributed by atoms with Gasteiger partial charge in [0.15, 0.2) is 0 Å². The van der Waals surface area contributed by atoms with Crippen molar-refractivity contribution in [2.45, 2.75) is 18.9 Å². The molecule has 1 N–H and O–H groups in total. The first kappa shape index (κ1) is 22.2. The summed E-state index contributed by atoms with van der Waals surface area (Å²) in [4.78, 5) is 29.1. The molecule has 0 aliphatic carbocycles. The van der Waals surface area contributed by atoms with Crippen LogP contribution in [-0.2, 0) is 14.3 Å². The van der Waals surface area contributed by atoms with Gasteiger partial charge in [-0.2, -0.15) is 0 Å². The topological polar surface area (TPSA) is 71.1 Å². The maximum atomic E-state index is 13.8. The molecule has 0 saturated carbocycles. The van der Waals surface area contributed by atoms with Crippen LogP contribution >= 0.6 is 0 Å². The molecule has 0 aromatic heterocycles. The van der Waals surface area contributed by atoms with E-state index < -0.39 is 0 Å². The average molecular weight is 442 g/mol. The number of benzene rings is 2. The molecule has 7 nitrogen and oxygen atoms in total. The summed E-state index contributed by atoms with van der Waals surface area (Å²) in [7, 11) is 0. The van der Waals surface area contributed by atoms with Crippen LogP contribution in [0, 0.1) is 5.82 Å². The van der Waals surface area contributed by atoms with E-state index in [1.54, 1.807) is 11.0 Å². The summed E-state index contributed by atoms with van der Waals surface area (Å²) in [6.07, 6.45) is 0.208. The van der Waals surface area contributed by atoms with Crippen molar-refractivity contribution in [2.24, 2.45) is 0 Å². The fourth-order valence-corrected chi connectivity index (χ4v) is 4.14. The molecule has 0 radical (unpaired) electrons. The van der Waals surface area contributed by atoms with Crippen molar-refractivity contribution in [2.75, 3.05) is 50.9 Å². The second kappa shape index (κ2) is 10.6. The fraction of sp³-hybridized carbons (Fsp3) is 0.417. The van der Waals surface area contributed by atoms with Gasteiger partial charge in [0, 0.05) is 32.5 Å². The van der Waals surface area contributed by atoms with E-state index in [1.165, 1.54) is 12.1 Å². The fourth-order valence-electron chi connectivity index (χ4n) is 4.14. The third kappa shape index (κ3) is 5.44. The molecule has 2 aromatic carbocycles. The quantitative estimate of drug-likeness (QED) is 0.715. The van der Waals surface area contributed by atoms with Gasteiger partial charge in [0.25, 0.3) is 0 Å². The summed E-state index contributed by atoms with van der Waals surface area (Å²) in [5.41, 5.74) is 1.55. The molecule has 2 aliphatic heterocycles. The number of para-hydroxylation sites is 2. The zero-order valence-electron chi connectivity index (χ0n) is 18.0. The van der Waals surface area contributed by atoms with E-state index in [1.807, 2.05) is 30.3 Å². The molecule has 0 bridgehead atoms. The summed E-state index contributed by atoms with van der Waals surface area (Å²) < 4.78 is 24.8. The number of morpholine rings is 1. The van der Waals surface area contributed by atoms with Gasteiger partial charge in [-0.3, -0.25) is 14.5 Å². The number of carbonyl (C=O) groups is 2. The van der Waals surface area contributed by atoms with Crippen LogP contribution in [0.5, 0.6) is 5.75 Å². The van der Waals surface area contributed by atoms with Crippen LogP contribution in [0.4, 0.5) is 10.1 Å². The smallest absolute Gasteiger partial charge is 0.227 e. The number of rotatable bonds is 7. The number of nitrogens with one attached hydrogen (secondary N) is 1. The Balaban J connectivity index is 1.33. The average Bonchev–Trinajstić information content (AvgIpc) is 2.83. The Morgan fingerprint density at radius 2 is 1.81 bits per heavy atom. The predicted octanol–water partition coefficient (Wildman–Crippen LogP) is 2.52. The summed E-state index contributed by atoms with van der Waals surface area (Å²) in [5.74, 6) is 0.0730. The first-order valence-corrected chi connectivity index (χ1v) is 11.0. The molecule has 2 heterocycles. The lowest BCUT2D eigenvalue weighted by molar-refractivity contribution is -0.125. The third-order valence-electron chi connectivity index (χ3n) is 5.81. The van der Waals surface area contributed by atoms with Crippen molar-refractivity contribution in [3.63, 3.8) is 0 Å². The van der Waals surface area contributed by atoms with Crippen molar-refractivity contribution in [1.82, 2.24) is 10.2 Å². The van der Waals surface area contributed by atoms with E-state index in [0.29, 0.717) is 51.7 Å². The van der Waals surface area contributed by atoms with Crippen LogP contribution < -0.4 is 15.0 Å². The molecule has 8 heteroatoms. The van der Waals surface area contributed by atoms with Crippen LogP contribution in [0.25, 0.3) is 0 Å². The van der Waals surface area contributed by atoms with Crippen molar-refractivity contribution in [3.8, 4) is 5.75 Å². The number of nitrogens with zero attached hydrogens (tertiary/aromatic N) is 2. The lowest BCUT2D eigenvalue weighted by atomic mass is 10.0. The first-order chi connectivity index (χ1) is 15.6. The third-order valence-corrected chi connectivity index (χ3v) is 5.81. The molecule has 0 spiro atoms. The molecule has 1 fully saturated rings. The second-order valence-corrected chi connectivity index (χ2v) is 7.88. The minimum atomic E-state index is -0.302. The van der Waals surface area contributed by atoms with Gasteiger partial charge in [-0.15, -0.1) is 0 Å². The lowest BCUT2D eigenvalue weighted by Crippen LogP contribution is -2.44. The molecule has 1 saturated heterocycles. The normalized spacial score (nSPS) is 17.2. The highest BCUT2D eigenvalue weighted by atomic mass is 19.1. The number of halogens is 1. The van der Waals surface area contributed by atoms with Gasteiger partial charge < -0.3 is 19.7 Å². The highest BCUT2D eigenvalue weighted by molar-refractivity contribution is 5.97. The number of carbonyl (C=O) groups excluding carboxylic acids is 2. The Hall–Kier alpha value is -2.97. The van der Waals surface area contributed by atoms with E-state index >= 15 is 0 Å². The van der Waals surface area contributed by atoms with Gasteiger partial charge in [0.05, 0.1) is 31.5 Å². The minimum Gasteiger partial charge on any atom is -0.490 e. The second-order valence-electron chi connectivity index (χ2n) is 7.88. The molecule has 32 heavy (non-hydrogen) atoms. The number of anilines is 1. The summed E-state index contributed by atoms with van der Waals surface area (Å²) >= 11 is 0. The van der Waals surface area contributed by atoms with E-state index in [-0.39, 0.29) is 36.5 Å². The maximum Gasteiger partial charge on any atom is 0.227 e. The van der Waals surface area contributed by atoms with Crippen molar-refractivity contribution in [3.05, 3.63) is 59.9 Å². The first-order valence-electron chi connectivity index (χ1n) is 11.0. The van der Waals surface area contributed by atoms with E-state index in [9.17, 15) is 14.0 Å². The Morgan fingerprint density at radius 1 is 1.00 bits per heavy atom. The van der Waals surface area contributed by atoms with E-state index in [4.69, 9.17) is 9.47 Å². The molecule has 1 unspecified atom stereocenters. The highest BCUT2D eigenvalue weighted by Gasteiger charge is 2.25. The van der Waals surface area contributed by atoms with Gasteiger partial charge in [-0.1, -0.05) is 24.3 Å². The Kier molecular flexibility index (Phi) is 7.34. The van der Waals surface area contributed by atoms with Crippen LogP contribution in [0.3, 0.4) is 0 Å². The van der Waals surface area contributed by atoms with Crippen LogP contribution in [0.15, 0.2) is 48.5 Å². The summed E-state index contributed by atoms with van der Waals surface area (Å²) in [6, 6.07) is 13.7. The molecule has 2 aromatic rings. The summed E-state index contributed by atoms with van der Waals surface area (Å²) in [5, 5.41) is 2.94. The number of ether oxygens (including phenoxy) is 2. The van der Waals surface area contributed by atoms with Crippen LogP contribution in [-0.4, -0.2) is 62.7 Å². The van der Waals surface area contributed by atoms with Crippen molar-refractivity contribution in [1.29, 1.82) is 0 Å². The highest BCUT2D eigenvalue weighted by Crippen LogP contribution is 2.31. The molecule has 170 valence electrons. The van der Waals surface area contributed by atoms with E-state index in [2.05, 4.69) is 10.2 Å². The van der Waals surface area contributed by atoms with Gasteiger partial charge in [0.2, 0.25) is 11.8 Å². The van der Waals surface area contributed by atoms with Gasteiger partial charge in [0.1, 0.15) is 18.2 Å². The molecule has 2 amide bonds. The molecular formula is C24H28FN3O4. The van der Waals surface area contributed by atoms with Crippen LogP contribution in [0.2, 0.25) is 0 Å². The van der Waals surface area contributed by atoms with Crippen LogP contribution in [0.1, 0.15) is 24.4 Å². The zero-order chi connectivity index (χ0) is 22.3. The standard InChI is InChI=1S/C24H28FN3O4/c25-19-5-3-4-18(16-19)21(27-10-13-31-14-11-27)17-26-23(29)8-9-24(30)28-12-15-32-22-7-2-1-6-20(22)28/h1-7,16,21H,8-15,17H2,(H,26,29). The Morgan fingerprint density at radius 3 is 2.62 bits per heavy atom. The largest absolute Gasteiger partial charge is 0.490 e. The predicted molar refractivity (Wildman–Crippen MR) is 118 cm³/mol. The van der Waals surface area contributed by atoms with Crippen molar-refractivity contribution < 1.29 is 23.5 Å². The minimum absolute atomic E-state index is 0.0946. The monoisotopic (exact) mass is 441 g/mol. The maximum absolute atomic E-state index is 13.8. The number of hydrogen-bond acceptors (Lipinski definition) is 5. The number of hydrogen-bond donors (Lipinski definition) is 1. The van der Waals surface area contributed by atoms with E-state index in [0.717, 1.165) is 11.3 Å². The molecule has 4 rings (SSSR count). The van der Waals surface area contributed by atoms with Gasteiger partial charge >= 0.3 is 0 Å². The Labute approximate surface area is 187 Å². The molecular weight excluding hydrogens is 413 g/mol. The zero-order valence-corrected chi connectivity index (χ0v) is 18.0. The lowest BCUT2D eigenvalue weighted by Gasteiger charge is -2.35. The molecule has 1 atom stereocenters. The summed E-state index contributed by atoms with van der Waals surface area (Å²) in [6.45, 7) is 3.89. The van der Waals surface area contributed by atoms with Gasteiger partial charge in [-0.25, -0.2) is 4.39 Å².